The molecular formula is C5H9NO3S. The second-order valence-electron chi connectivity index (χ2n) is 1.73. The first-order valence-electron chi connectivity index (χ1n) is 2.69. The lowest BCUT2D eigenvalue weighted by Gasteiger charge is -2.02. The Balaban J connectivity index is 3.68. The minimum absolute atomic E-state index is 0.0883. The molecule has 5 heteroatoms. The fourth-order valence-corrected chi connectivity index (χ4v) is 0.531. The molecule has 1 unspecified atom stereocenters. The average Bonchev–Trinajstić information content (AvgIpc) is 1.87. The van der Waals surface area contributed by atoms with Gasteiger partial charge in [-0.25, -0.2) is 0 Å². The number of carbonyl (C=O) groups excluding carboxylic acids is 1. The van der Waals surface area contributed by atoms with E-state index < -0.39 is 11.2 Å². The second-order valence-corrected chi connectivity index (χ2v) is 2.35. The van der Waals surface area contributed by atoms with Gasteiger partial charge in [-0.05, 0) is 0 Å². The predicted octanol–water partition coefficient (Wildman–Crippen LogP) is -0.494. The van der Waals surface area contributed by atoms with Gasteiger partial charge in [0.1, 0.15) is 5.25 Å². The first-order valence-corrected chi connectivity index (χ1v) is 3.21. The van der Waals surface area contributed by atoms with Gasteiger partial charge < -0.3 is 10.4 Å². The lowest BCUT2D eigenvalue weighted by molar-refractivity contribution is -0.138. The normalized spacial score (nSPS) is 12.2. The molecule has 0 aromatic carbocycles. The monoisotopic (exact) mass is 163 g/mol. The van der Waals surface area contributed by atoms with Crippen LogP contribution in [0.1, 0.15) is 6.42 Å². The zero-order valence-electron chi connectivity index (χ0n) is 5.50. The van der Waals surface area contributed by atoms with Gasteiger partial charge in [-0.15, -0.1) is 0 Å². The summed E-state index contributed by atoms with van der Waals surface area (Å²) in [4.78, 5) is 20.6. The van der Waals surface area contributed by atoms with Crippen LogP contribution in [0.5, 0.6) is 0 Å². The van der Waals surface area contributed by atoms with Gasteiger partial charge in [0, 0.05) is 13.5 Å². The van der Waals surface area contributed by atoms with Crippen molar-refractivity contribution in [3.8, 4) is 0 Å². The van der Waals surface area contributed by atoms with Crippen molar-refractivity contribution in [3.63, 3.8) is 0 Å². The molecule has 0 radical (unpaired) electrons. The zero-order valence-corrected chi connectivity index (χ0v) is 6.39. The van der Waals surface area contributed by atoms with E-state index in [1.54, 1.807) is 0 Å². The molecule has 0 spiro atoms. The Bertz CT molecular complexity index is 148. The number of carboxylic acid groups (broad SMARTS) is 1. The minimum atomic E-state index is -1.08. The molecule has 10 heavy (non-hydrogen) atoms. The minimum Gasteiger partial charge on any atom is -0.480 e. The number of amides is 1. The molecule has 0 saturated heterocycles. The quantitative estimate of drug-likeness (QED) is 0.492. The van der Waals surface area contributed by atoms with Crippen LogP contribution in [-0.2, 0) is 9.59 Å². The maximum absolute atomic E-state index is 10.5. The Kier molecular flexibility index (Phi) is 3.87. The molecule has 0 bridgehead atoms. The third kappa shape index (κ3) is 3.34. The van der Waals surface area contributed by atoms with Gasteiger partial charge in [-0.1, -0.05) is 0 Å². The van der Waals surface area contributed by atoms with Gasteiger partial charge >= 0.3 is 5.97 Å². The van der Waals surface area contributed by atoms with Crippen LogP contribution in [0.15, 0.2) is 0 Å². The van der Waals surface area contributed by atoms with Gasteiger partial charge in [-0.2, -0.15) is 12.6 Å². The number of hydrogen-bond acceptors (Lipinski definition) is 3. The predicted molar refractivity (Wildman–Crippen MR) is 39.1 cm³/mol. The topological polar surface area (TPSA) is 66.4 Å². The molecule has 0 rings (SSSR count). The molecule has 0 aromatic heterocycles. The van der Waals surface area contributed by atoms with Crippen molar-refractivity contribution in [2.45, 2.75) is 11.7 Å². The van der Waals surface area contributed by atoms with E-state index in [0.29, 0.717) is 0 Å². The van der Waals surface area contributed by atoms with Gasteiger partial charge in [-0.3, -0.25) is 9.59 Å². The maximum atomic E-state index is 10.5. The number of hydrogen-bond donors (Lipinski definition) is 3. The van der Waals surface area contributed by atoms with Gasteiger partial charge in [0.25, 0.3) is 0 Å². The standard InChI is InChI=1S/C5H9NO3S/c1-6-4(7)2-3(10)5(8)9/h3,10H,2H2,1H3,(H,6,7)(H,8,9). The lowest BCUT2D eigenvalue weighted by Crippen LogP contribution is -2.25. The van der Waals surface area contributed by atoms with Crippen molar-refractivity contribution < 1.29 is 14.7 Å². The van der Waals surface area contributed by atoms with Crippen LogP contribution < -0.4 is 5.32 Å². The molecule has 0 saturated carbocycles. The third-order valence-corrected chi connectivity index (χ3v) is 1.35. The van der Waals surface area contributed by atoms with E-state index in [9.17, 15) is 9.59 Å². The third-order valence-electron chi connectivity index (χ3n) is 0.943. The van der Waals surface area contributed by atoms with Gasteiger partial charge in [0.2, 0.25) is 5.91 Å². The number of thiol groups is 1. The van der Waals surface area contributed by atoms with Crippen LogP contribution in [0.2, 0.25) is 0 Å². The Labute approximate surface area is 64.0 Å². The molecule has 4 nitrogen and oxygen atoms in total. The van der Waals surface area contributed by atoms with Crippen LogP contribution in [0, 0.1) is 0 Å². The fraction of sp³-hybridized carbons (Fsp3) is 0.600. The van der Waals surface area contributed by atoms with E-state index in [4.69, 9.17) is 5.11 Å². The van der Waals surface area contributed by atoms with E-state index in [-0.39, 0.29) is 12.3 Å². The van der Waals surface area contributed by atoms with Crippen LogP contribution in [0.25, 0.3) is 0 Å². The molecule has 0 fully saturated rings. The molecule has 0 heterocycles. The summed E-state index contributed by atoms with van der Waals surface area (Å²) in [6.45, 7) is 0. The highest BCUT2D eigenvalue weighted by atomic mass is 32.1. The number of carboxylic acids is 1. The molecule has 0 aliphatic rings. The largest absolute Gasteiger partial charge is 0.480 e. The summed E-state index contributed by atoms with van der Waals surface area (Å²) >= 11 is 3.66. The van der Waals surface area contributed by atoms with E-state index >= 15 is 0 Å². The van der Waals surface area contributed by atoms with E-state index in [2.05, 4.69) is 17.9 Å². The van der Waals surface area contributed by atoms with Crippen LogP contribution in [-0.4, -0.2) is 29.3 Å². The Hall–Kier alpha value is -0.710. The van der Waals surface area contributed by atoms with Gasteiger partial charge in [0.15, 0.2) is 0 Å². The SMILES string of the molecule is CNC(=O)CC(S)C(=O)O. The van der Waals surface area contributed by atoms with E-state index in [0.717, 1.165) is 0 Å². The summed E-state index contributed by atoms with van der Waals surface area (Å²) in [6.07, 6.45) is -0.0883. The summed E-state index contributed by atoms with van der Waals surface area (Å²) in [5.74, 6) is -1.39. The molecule has 0 aromatic rings. The van der Waals surface area contributed by atoms with Crippen LogP contribution >= 0.6 is 12.6 Å². The Morgan fingerprint density at radius 1 is 1.70 bits per heavy atom. The fourth-order valence-electron chi connectivity index (χ4n) is 0.365. The van der Waals surface area contributed by atoms with Crippen LogP contribution in [0.3, 0.4) is 0 Å². The summed E-state index contributed by atoms with van der Waals surface area (Å²) in [5.41, 5.74) is 0. The summed E-state index contributed by atoms with van der Waals surface area (Å²) in [5, 5.41) is 9.67. The summed E-state index contributed by atoms with van der Waals surface area (Å²) in [7, 11) is 1.45. The first kappa shape index (κ1) is 9.29. The van der Waals surface area contributed by atoms with E-state index in [1.165, 1.54) is 7.05 Å². The van der Waals surface area contributed by atoms with Gasteiger partial charge in [0.05, 0.1) is 0 Å². The number of rotatable bonds is 3. The van der Waals surface area contributed by atoms with Crippen molar-refractivity contribution >= 4 is 24.5 Å². The highest BCUT2D eigenvalue weighted by Gasteiger charge is 2.14. The highest BCUT2D eigenvalue weighted by Crippen LogP contribution is 1.99. The smallest absolute Gasteiger partial charge is 0.316 e. The van der Waals surface area contributed by atoms with Crippen molar-refractivity contribution in [3.05, 3.63) is 0 Å². The average molecular weight is 163 g/mol. The van der Waals surface area contributed by atoms with Crippen molar-refractivity contribution in [1.82, 2.24) is 5.32 Å². The first-order chi connectivity index (χ1) is 4.57. The Morgan fingerprint density at radius 2 is 2.20 bits per heavy atom. The second kappa shape index (κ2) is 4.16. The van der Waals surface area contributed by atoms with E-state index in [1.807, 2.05) is 0 Å². The number of nitrogens with one attached hydrogen (secondary N) is 1. The Morgan fingerprint density at radius 3 is 2.50 bits per heavy atom. The van der Waals surface area contributed by atoms with Crippen molar-refractivity contribution in [2.24, 2.45) is 0 Å². The number of aliphatic carboxylic acids is 1. The van der Waals surface area contributed by atoms with Crippen LogP contribution in [0.4, 0.5) is 0 Å². The molecular weight excluding hydrogens is 154 g/mol. The zero-order chi connectivity index (χ0) is 8.15. The maximum Gasteiger partial charge on any atom is 0.316 e. The molecule has 0 aliphatic carbocycles. The molecule has 0 aliphatic heterocycles. The molecule has 2 N–H and O–H groups in total. The highest BCUT2D eigenvalue weighted by molar-refractivity contribution is 7.81. The molecule has 58 valence electrons. The molecule has 1 atom stereocenters. The summed E-state index contributed by atoms with van der Waals surface area (Å²) in [6, 6.07) is 0. The summed E-state index contributed by atoms with van der Waals surface area (Å²) < 4.78 is 0. The van der Waals surface area contributed by atoms with Crippen molar-refractivity contribution in [2.75, 3.05) is 7.05 Å². The lowest BCUT2D eigenvalue weighted by atomic mass is 10.3. The molecule has 1 amide bonds. The van der Waals surface area contributed by atoms with Crippen molar-refractivity contribution in [1.29, 1.82) is 0 Å². The number of carbonyl (C=O) groups is 2.